The topological polar surface area (TPSA) is 68.3 Å². The van der Waals surface area contributed by atoms with E-state index in [4.69, 9.17) is 4.74 Å². The Bertz CT molecular complexity index is 887. The fourth-order valence-corrected chi connectivity index (χ4v) is 3.57. The first-order chi connectivity index (χ1) is 12.0. The van der Waals surface area contributed by atoms with Gasteiger partial charge in [0.1, 0.15) is 4.88 Å². The van der Waals surface area contributed by atoms with Gasteiger partial charge in [-0.05, 0) is 26.0 Å². The summed E-state index contributed by atoms with van der Waals surface area (Å²) >= 11 is 2.67. The molecule has 0 saturated carbocycles. The van der Waals surface area contributed by atoms with Gasteiger partial charge >= 0.3 is 5.97 Å². The second kappa shape index (κ2) is 7.58. The number of benzene rings is 1. The summed E-state index contributed by atoms with van der Waals surface area (Å²) in [6.07, 6.45) is -0.904. The molecule has 2 heterocycles. The number of carbonyl (C=O) groups excluding carboxylic acids is 2. The number of hydrogen-bond donors (Lipinski definition) is 1. The third kappa shape index (κ3) is 4.32. The number of aryl methyl sites for hydroxylation is 1. The van der Waals surface area contributed by atoms with E-state index >= 15 is 0 Å². The molecule has 5 nitrogen and oxygen atoms in total. The fraction of sp³-hybridized carbons (Fsp3) is 0.167. The lowest BCUT2D eigenvalue weighted by Gasteiger charge is -2.11. The number of ether oxygens (including phenoxy) is 1. The number of esters is 1. The second-order valence-electron chi connectivity index (χ2n) is 5.35. The third-order valence-corrected chi connectivity index (χ3v) is 5.14. The van der Waals surface area contributed by atoms with Gasteiger partial charge < -0.3 is 4.74 Å². The largest absolute Gasteiger partial charge is 0.448 e. The van der Waals surface area contributed by atoms with Gasteiger partial charge in [-0.3, -0.25) is 10.1 Å². The Labute approximate surface area is 153 Å². The maximum Gasteiger partial charge on any atom is 0.349 e. The zero-order valence-corrected chi connectivity index (χ0v) is 15.3. The molecule has 1 unspecified atom stereocenters. The van der Waals surface area contributed by atoms with E-state index in [1.165, 1.54) is 22.7 Å². The van der Waals surface area contributed by atoms with Crippen molar-refractivity contribution in [3.63, 3.8) is 0 Å². The van der Waals surface area contributed by atoms with Crippen LogP contribution in [0.15, 0.2) is 47.8 Å². The van der Waals surface area contributed by atoms with Crippen molar-refractivity contribution in [3.8, 4) is 11.3 Å². The number of rotatable bonds is 5. The molecule has 0 aliphatic heterocycles. The molecule has 0 spiro atoms. The summed E-state index contributed by atoms with van der Waals surface area (Å²) < 4.78 is 5.21. The van der Waals surface area contributed by atoms with Crippen LogP contribution in [-0.2, 0) is 9.53 Å². The minimum atomic E-state index is -0.904. The smallest absolute Gasteiger partial charge is 0.349 e. The molecule has 0 aliphatic rings. The number of anilines is 1. The molecule has 3 rings (SSSR count). The minimum absolute atomic E-state index is 0.407. The zero-order valence-electron chi connectivity index (χ0n) is 13.7. The van der Waals surface area contributed by atoms with Crippen LogP contribution in [0, 0.1) is 6.92 Å². The molecule has 0 bridgehead atoms. The van der Waals surface area contributed by atoms with Gasteiger partial charge in [-0.25, -0.2) is 9.78 Å². The van der Waals surface area contributed by atoms with Crippen LogP contribution in [0.25, 0.3) is 11.3 Å². The summed E-state index contributed by atoms with van der Waals surface area (Å²) in [6.45, 7) is 3.45. The number of thiophene rings is 1. The van der Waals surface area contributed by atoms with Crippen molar-refractivity contribution < 1.29 is 14.3 Å². The highest BCUT2D eigenvalue weighted by Crippen LogP contribution is 2.25. The van der Waals surface area contributed by atoms with Crippen molar-refractivity contribution in [1.29, 1.82) is 0 Å². The molecule has 0 saturated heterocycles. The van der Waals surface area contributed by atoms with E-state index in [2.05, 4.69) is 10.3 Å². The van der Waals surface area contributed by atoms with E-state index in [1.807, 2.05) is 48.7 Å². The molecule has 3 aromatic rings. The molecule has 25 heavy (non-hydrogen) atoms. The lowest BCUT2D eigenvalue weighted by atomic mass is 10.2. The Balaban J connectivity index is 1.60. The zero-order chi connectivity index (χ0) is 17.8. The molecule has 0 aliphatic carbocycles. The highest BCUT2D eigenvalue weighted by molar-refractivity contribution is 7.14. The molecule has 2 aromatic heterocycles. The van der Waals surface area contributed by atoms with Crippen LogP contribution >= 0.6 is 22.7 Å². The number of nitrogens with zero attached hydrogens (tertiary/aromatic N) is 1. The Morgan fingerprint density at radius 3 is 2.60 bits per heavy atom. The molecular weight excluding hydrogens is 356 g/mol. The van der Waals surface area contributed by atoms with E-state index < -0.39 is 18.0 Å². The van der Waals surface area contributed by atoms with Crippen molar-refractivity contribution in [2.45, 2.75) is 20.0 Å². The average molecular weight is 372 g/mol. The molecule has 128 valence electrons. The van der Waals surface area contributed by atoms with Crippen LogP contribution in [0.3, 0.4) is 0 Å². The van der Waals surface area contributed by atoms with Crippen molar-refractivity contribution >= 4 is 39.7 Å². The van der Waals surface area contributed by atoms with Crippen molar-refractivity contribution in [1.82, 2.24) is 4.98 Å². The molecule has 1 amide bonds. The Hall–Kier alpha value is -2.51. The number of amides is 1. The first-order valence-corrected chi connectivity index (χ1v) is 9.32. The van der Waals surface area contributed by atoms with Crippen molar-refractivity contribution in [2.24, 2.45) is 0 Å². The van der Waals surface area contributed by atoms with Crippen molar-refractivity contribution in [3.05, 3.63) is 57.6 Å². The number of thiazole rings is 1. The van der Waals surface area contributed by atoms with Gasteiger partial charge in [-0.1, -0.05) is 30.3 Å². The average Bonchev–Trinajstić information content (AvgIpc) is 3.24. The Morgan fingerprint density at radius 1 is 1.16 bits per heavy atom. The van der Waals surface area contributed by atoms with E-state index in [0.29, 0.717) is 10.0 Å². The highest BCUT2D eigenvalue weighted by Gasteiger charge is 2.21. The van der Waals surface area contributed by atoms with Crippen LogP contribution in [0.4, 0.5) is 5.13 Å². The SMILES string of the molecule is Cc1ccc(C(=O)OC(C)C(=O)Nc2nc(-c3ccccc3)cs2)s1. The van der Waals surface area contributed by atoms with Crippen LogP contribution in [0.2, 0.25) is 0 Å². The summed E-state index contributed by atoms with van der Waals surface area (Å²) in [4.78, 5) is 30.1. The lowest BCUT2D eigenvalue weighted by Crippen LogP contribution is -2.29. The van der Waals surface area contributed by atoms with E-state index in [-0.39, 0.29) is 0 Å². The molecule has 7 heteroatoms. The molecule has 0 radical (unpaired) electrons. The van der Waals surface area contributed by atoms with E-state index in [0.717, 1.165) is 16.1 Å². The van der Waals surface area contributed by atoms with Gasteiger partial charge in [0.2, 0.25) is 0 Å². The summed E-state index contributed by atoms with van der Waals surface area (Å²) in [5.74, 6) is -0.902. The monoisotopic (exact) mass is 372 g/mol. The molecule has 1 N–H and O–H groups in total. The lowest BCUT2D eigenvalue weighted by molar-refractivity contribution is -0.123. The minimum Gasteiger partial charge on any atom is -0.448 e. The van der Waals surface area contributed by atoms with Gasteiger partial charge in [-0.2, -0.15) is 0 Å². The highest BCUT2D eigenvalue weighted by atomic mass is 32.1. The van der Waals surface area contributed by atoms with Crippen LogP contribution in [0.1, 0.15) is 21.5 Å². The second-order valence-corrected chi connectivity index (χ2v) is 7.50. The first-order valence-electron chi connectivity index (χ1n) is 7.62. The molecular formula is C18H16N2O3S2. The third-order valence-electron chi connectivity index (χ3n) is 3.40. The van der Waals surface area contributed by atoms with Gasteiger partial charge in [0.05, 0.1) is 5.69 Å². The summed E-state index contributed by atoms with van der Waals surface area (Å²) in [7, 11) is 0. The maximum absolute atomic E-state index is 12.2. The van der Waals surface area contributed by atoms with Crippen LogP contribution in [0.5, 0.6) is 0 Å². The Kier molecular flexibility index (Phi) is 5.25. The van der Waals surface area contributed by atoms with Gasteiger partial charge in [-0.15, -0.1) is 22.7 Å². The quantitative estimate of drug-likeness (QED) is 0.676. The number of aromatic nitrogens is 1. The first kappa shape index (κ1) is 17.3. The number of nitrogens with one attached hydrogen (secondary N) is 1. The number of hydrogen-bond acceptors (Lipinski definition) is 6. The standard InChI is InChI=1S/C18H16N2O3S2/c1-11-8-9-15(25-11)17(22)23-12(2)16(21)20-18-19-14(10-24-18)13-6-4-3-5-7-13/h3-10,12H,1-2H3,(H,19,20,21). The van der Waals surface area contributed by atoms with E-state index in [9.17, 15) is 9.59 Å². The predicted molar refractivity (Wildman–Crippen MR) is 100 cm³/mol. The van der Waals surface area contributed by atoms with Gasteiger partial charge in [0.15, 0.2) is 11.2 Å². The molecule has 1 atom stereocenters. The fourth-order valence-electron chi connectivity index (χ4n) is 2.10. The summed E-state index contributed by atoms with van der Waals surface area (Å²) in [5, 5.41) is 5.03. The molecule has 1 aromatic carbocycles. The van der Waals surface area contributed by atoms with Crippen LogP contribution in [-0.4, -0.2) is 23.0 Å². The normalized spacial score (nSPS) is 11.8. The summed E-state index contributed by atoms with van der Waals surface area (Å²) in [6, 6.07) is 13.2. The Morgan fingerprint density at radius 2 is 1.92 bits per heavy atom. The predicted octanol–water partition coefficient (Wildman–Crippen LogP) is 4.36. The maximum atomic E-state index is 12.2. The van der Waals surface area contributed by atoms with Gasteiger partial charge in [0.25, 0.3) is 5.91 Å². The molecule has 0 fully saturated rings. The summed E-state index contributed by atoms with van der Waals surface area (Å²) in [5.41, 5.74) is 1.77. The van der Waals surface area contributed by atoms with Crippen molar-refractivity contribution in [2.75, 3.05) is 5.32 Å². The van der Waals surface area contributed by atoms with Crippen LogP contribution < -0.4 is 5.32 Å². The van der Waals surface area contributed by atoms with Gasteiger partial charge in [0, 0.05) is 15.8 Å². The number of carbonyl (C=O) groups is 2. The van der Waals surface area contributed by atoms with E-state index in [1.54, 1.807) is 13.0 Å².